The number of hydrogen-bond acceptors (Lipinski definition) is 4. The van der Waals surface area contributed by atoms with Gasteiger partial charge in [0.05, 0.1) is 12.4 Å². The van der Waals surface area contributed by atoms with E-state index in [0.29, 0.717) is 12.3 Å². The fourth-order valence-electron chi connectivity index (χ4n) is 1.69. The monoisotopic (exact) mass is 291 g/mol. The highest BCUT2D eigenvalue weighted by Crippen LogP contribution is 2.20. The molecule has 1 aromatic rings. The Bertz CT molecular complexity index is 543. The standard InChI is InChI=1S/C13H21N5OSi/c1-11-9-16-18(13(11)14)12-5-6-15-17(12)10-19-7-8-20(2,3)4/h5-6,9,14H,1,7-8,10H2,2-4H3. The fraction of sp³-hybridized carbons (Fsp3) is 0.462. The van der Waals surface area contributed by atoms with Gasteiger partial charge in [0.1, 0.15) is 6.73 Å². The maximum absolute atomic E-state index is 7.90. The van der Waals surface area contributed by atoms with Gasteiger partial charge in [-0.15, -0.1) is 0 Å². The van der Waals surface area contributed by atoms with Crippen molar-refractivity contribution in [3.63, 3.8) is 0 Å². The predicted molar refractivity (Wildman–Crippen MR) is 84.2 cm³/mol. The second-order valence-corrected chi connectivity index (χ2v) is 11.6. The Kier molecular flexibility index (Phi) is 4.19. The van der Waals surface area contributed by atoms with Gasteiger partial charge in [-0.25, -0.2) is 4.68 Å². The first-order valence-electron chi connectivity index (χ1n) is 6.60. The Hall–Kier alpha value is -1.73. The summed E-state index contributed by atoms with van der Waals surface area (Å²) in [4.78, 5) is 0. The molecule has 20 heavy (non-hydrogen) atoms. The normalized spacial score (nSPS) is 15.4. The summed E-state index contributed by atoms with van der Waals surface area (Å²) in [7, 11) is -1.07. The summed E-state index contributed by atoms with van der Waals surface area (Å²) in [6.07, 6.45) is 3.26. The second-order valence-electron chi connectivity index (χ2n) is 5.97. The summed E-state index contributed by atoms with van der Waals surface area (Å²) < 4.78 is 7.38. The topological polar surface area (TPSA) is 66.5 Å². The van der Waals surface area contributed by atoms with Crippen LogP contribution in [0.3, 0.4) is 0 Å². The predicted octanol–water partition coefficient (Wildman–Crippen LogP) is 2.53. The molecule has 1 N–H and O–H groups in total. The number of hydrogen-bond donors (Lipinski definition) is 1. The molecule has 7 heteroatoms. The number of nitrogens with zero attached hydrogens (tertiary/aromatic N) is 4. The molecule has 0 radical (unpaired) electrons. The van der Waals surface area contributed by atoms with E-state index in [1.807, 2.05) is 6.07 Å². The highest BCUT2D eigenvalue weighted by Gasteiger charge is 2.22. The van der Waals surface area contributed by atoms with Crippen LogP contribution in [0, 0.1) is 5.41 Å². The number of aromatic nitrogens is 2. The number of nitrogens with one attached hydrogen (secondary N) is 1. The van der Waals surface area contributed by atoms with Crippen molar-refractivity contribution < 1.29 is 4.74 Å². The number of rotatable bonds is 6. The fourth-order valence-corrected chi connectivity index (χ4v) is 2.45. The molecule has 0 aromatic carbocycles. The Morgan fingerprint density at radius 3 is 2.75 bits per heavy atom. The van der Waals surface area contributed by atoms with Crippen LogP contribution in [-0.2, 0) is 11.5 Å². The molecular formula is C13H21N5OSi. The maximum Gasteiger partial charge on any atom is 0.156 e. The first-order chi connectivity index (χ1) is 9.38. The van der Waals surface area contributed by atoms with Gasteiger partial charge in [-0.1, -0.05) is 26.2 Å². The highest BCUT2D eigenvalue weighted by atomic mass is 28.3. The van der Waals surface area contributed by atoms with Crippen molar-refractivity contribution in [1.82, 2.24) is 9.78 Å². The zero-order valence-electron chi connectivity index (χ0n) is 12.3. The molecule has 0 atom stereocenters. The number of amidine groups is 1. The van der Waals surface area contributed by atoms with E-state index in [1.165, 1.54) is 5.01 Å². The molecule has 2 rings (SSSR count). The molecule has 0 saturated heterocycles. The third kappa shape index (κ3) is 3.43. The van der Waals surface area contributed by atoms with Gasteiger partial charge >= 0.3 is 0 Å². The van der Waals surface area contributed by atoms with Crippen molar-refractivity contribution in [1.29, 1.82) is 5.41 Å². The van der Waals surface area contributed by atoms with E-state index in [-0.39, 0.29) is 5.84 Å². The van der Waals surface area contributed by atoms with E-state index in [0.717, 1.165) is 18.5 Å². The summed E-state index contributed by atoms with van der Waals surface area (Å²) in [6, 6.07) is 2.93. The van der Waals surface area contributed by atoms with Crippen molar-refractivity contribution in [2.75, 3.05) is 11.6 Å². The van der Waals surface area contributed by atoms with Gasteiger partial charge in [0, 0.05) is 26.3 Å². The van der Waals surface area contributed by atoms with Crippen LogP contribution in [0.25, 0.3) is 0 Å². The molecule has 2 heterocycles. The first kappa shape index (κ1) is 14.7. The van der Waals surface area contributed by atoms with Crippen LogP contribution < -0.4 is 5.01 Å². The minimum atomic E-state index is -1.07. The summed E-state index contributed by atoms with van der Waals surface area (Å²) in [6.45, 7) is 11.8. The van der Waals surface area contributed by atoms with Gasteiger partial charge in [-0.2, -0.15) is 15.2 Å². The summed E-state index contributed by atoms with van der Waals surface area (Å²) >= 11 is 0. The lowest BCUT2D eigenvalue weighted by atomic mass is 10.3. The molecule has 0 saturated carbocycles. The Balaban J connectivity index is 1.94. The molecule has 0 spiro atoms. The van der Waals surface area contributed by atoms with Gasteiger partial charge in [-0.3, -0.25) is 5.41 Å². The van der Waals surface area contributed by atoms with Crippen molar-refractivity contribution in [3.8, 4) is 0 Å². The summed E-state index contributed by atoms with van der Waals surface area (Å²) in [5, 5.41) is 17.8. The third-order valence-electron chi connectivity index (χ3n) is 2.97. The molecule has 0 bridgehead atoms. The maximum atomic E-state index is 7.90. The van der Waals surface area contributed by atoms with Crippen molar-refractivity contribution in [2.24, 2.45) is 5.10 Å². The molecule has 108 valence electrons. The molecule has 1 aromatic heterocycles. The number of anilines is 1. The quantitative estimate of drug-likeness (QED) is 0.647. The van der Waals surface area contributed by atoms with Gasteiger partial charge in [0.25, 0.3) is 0 Å². The van der Waals surface area contributed by atoms with E-state index in [1.54, 1.807) is 17.1 Å². The smallest absolute Gasteiger partial charge is 0.156 e. The van der Waals surface area contributed by atoms with Crippen LogP contribution in [0.4, 0.5) is 5.82 Å². The average molecular weight is 291 g/mol. The molecule has 0 aliphatic carbocycles. The minimum Gasteiger partial charge on any atom is -0.359 e. The van der Waals surface area contributed by atoms with Crippen molar-refractivity contribution in [3.05, 3.63) is 24.4 Å². The Morgan fingerprint density at radius 2 is 2.15 bits per heavy atom. The average Bonchev–Trinajstić information content (AvgIpc) is 2.93. The zero-order chi connectivity index (χ0) is 14.8. The molecule has 1 aliphatic rings. The van der Waals surface area contributed by atoms with Crippen LogP contribution in [0.5, 0.6) is 0 Å². The molecule has 1 aliphatic heterocycles. The molecule has 0 fully saturated rings. The molecular weight excluding hydrogens is 270 g/mol. The lowest BCUT2D eigenvalue weighted by Gasteiger charge is -2.18. The van der Waals surface area contributed by atoms with E-state index in [9.17, 15) is 0 Å². The Labute approximate surface area is 120 Å². The van der Waals surface area contributed by atoms with Crippen LogP contribution in [0.1, 0.15) is 0 Å². The number of ether oxygens (including phenoxy) is 1. The van der Waals surface area contributed by atoms with Crippen molar-refractivity contribution >= 4 is 25.9 Å². The third-order valence-corrected chi connectivity index (χ3v) is 4.67. The van der Waals surface area contributed by atoms with Crippen molar-refractivity contribution in [2.45, 2.75) is 32.4 Å². The first-order valence-corrected chi connectivity index (χ1v) is 10.3. The van der Waals surface area contributed by atoms with Crippen LogP contribution >= 0.6 is 0 Å². The summed E-state index contributed by atoms with van der Waals surface area (Å²) in [5.74, 6) is 0.992. The SMILES string of the molecule is C=C1C=NN(c2ccnn2COCC[Si](C)(C)C)C1=N. The van der Waals surface area contributed by atoms with Gasteiger partial charge in [0.15, 0.2) is 11.7 Å². The van der Waals surface area contributed by atoms with Gasteiger partial charge in [0.2, 0.25) is 0 Å². The van der Waals surface area contributed by atoms with Crippen LogP contribution in [-0.4, -0.2) is 36.5 Å². The molecule has 6 nitrogen and oxygen atoms in total. The lowest BCUT2D eigenvalue weighted by molar-refractivity contribution is 0.0797. The van der Waals surface area contributed by atoms with Crippen LogP contribution in [0.15, 0.2) is 29.5 Å². The van der Waals surface area contributed by atoms with E-state index in [4.69, 9.17) is 10.1 Å². The molecule has 0 amide bonds. The number of hydrazone groups is 1. The second kappa shape index (κ2) is 5.72. The van der Waals surface area contributed by atoms with Gasteiger partial charge in [-0.05, 0) is 6.04 Å². The van der Waals surface area contributed by atoms with E-state index >= 15 is 0 Å². The molecule has 0 unspecified atom stereocenters. The van der Waals surface area contributed by atoms with E-state index in [2.05, 4.69) is 36.4 Å². The minimum absolute atomic E-state index is 0.272. The largest absolute Gasteiger partial charge is 0.359 e. The highest BCUT2D eigenvalue weighted by molar-refractivity contribution is 6.76. The van der Waals surface area contributed by atoms with Gasteiger partial charge < -0.3 is 4.74 Å². The summed E-state index contributed by atoms with van der Waals surface area (Å²) in [5.41, 5.74) is 0.595. The lowest BCUT2D eigenvalue weighted by Crippen LogP contribution is -2.25. The van der Waals surface area contributed by atoms with Crippen LogP contribution in [0.2, 0.25) is 25.7 Å². The zero-order valence-corrected chi connectivity index (χ0v) is 13.3. The van der Waals surface area contributed by atoms with E-state index < -0.39 is 8.07 Å². The Morgan fingerprint density at radius 1 is 1.40 bits per heavy atom.